The molecule has 0 saturated carbocycles. The van der Waals surface area contributed by atoms with Crippen LogP contribution in [-0.4, -0.2) is 140 Å². The molecule has 0 aliphatic carbocycles. The maximum absolute atomic E-state index is 13.1. The number of ketones is 1. The zero-order chi connectivity index (χ0) is 45.9. The number of nitrogens with zero attached hydrogens (tertiary/aromatic N) is 1. The summed E-state index contributed by atoms with van der Waals surface area (Å²) in [5, 5.41) is 7.12. The lowest BCUT2D eigenvalue weighted by Crippen LogP contribution is -2.54. The van der Waals surface area contributed by atoms with Gasteiger partial charge in [-0.3, -0.25) is 28.9 Å². The van der Waals surface area contributed by atoms with Gasteiger partial charge in [0, 0.05) is 38.0 Å². The molecule has 3 unspecified atom stereocenters. The molecule has 0 rings (SSSR count). The van der Waals surface area contributed by atoms with Crippen LogP contribution in [0.2, 0.25) is 0 Å². The van der Waals surface area contributed by atoms with Gasteiger partial charge in [0.05, 0.1) is 18.6 Å². The summed E-state index contributed by atoms with van der Waals surface area (Å²) in [6, 6.07) is -3.57. The number of nitrogens with one attached hydrogen (secondary N) is 3. The highest BCUT2D eigenvalue weighted by molar-refractivity contribution is 9.10. The monoisotopic (exact) mass is 918 g/mol. The van der Waals surface area contributed by atoms with Crippen LogP contribution in [0.5, 0.6) is 0 Å². The average Bonchev–Trinajstić information content (AvgIpc) is 3.17. The van der Waals surface area contributed by atoms with Gasteiger partial charge in [-0.2, -0.15) is 0 Å². The number of rotatable bonds is 32. The second-order valence-corrected chi connectivity index (χ2v) is 16.9. The van der Waals surface area contributed by atoms with E-state index in [4.69, 9.17) is 28.4 Å². The predicted molar refractivity (Wildman–Crippen MR) is 225 cm³/mol. The Morgan fingerprint density at radius 2 is 1.37 bits per heavy atom. The van der Waals surface area contributed by atoms with E-state index in [0.717, 1.165) is 0 Å². The van der Waals surface area contributed by atoms with Crippen LogP contribution in [0.25, 0.3) is 0 Å². The first kappa shape index (κ1) is 55.6. The molecule has 3 atom stereocenters. The molecule has 0 radical (unpaired) electrons. The third-order valence-corrected chi connectivity index (χ3v) is 9.10. The number of halogens is 1. The van der Waals surface area contributed by atoms with Crippen molar-refractivity contribution in [1.29, 1.82) is 0 Å². The molecule has 0 spiro atoms. The molecule has 0 aromatic heterocycles. The van der Waals surface area contributed by atoms with Crippen molar-refractivity contribution < 1.29 is 66.8 Å². The molecule has 0 saturated heterocycles. The summed E-state index contributed by atoms with van der Waals surface area (Å²) >= 11 is 3.43. The fraction of sp³-hybridized carbons (Fsp3) is 0.707. The van der Waals surface area contributed by atoms with Crippen molar-refractivity contribution in [3.8, 4) is 0 Å². The molecular weight excluding hydrogens is 852 g/mol. The molecule has 3 N–H and O–H groups in total. The molecule has 0 heterocycles. The van der Waals surface area contributed by atoms with Crippen molar-refractivity contribution in [3.05, 3.63) is 25.3 Å². The van der Waals surface area contributed by atoms with Gasteiger partial charge in [-0.15, -0.1) is 0 Å². The summed E-state index contributed by atoms with van der Waals surface area (Å²) in [7, 11) is 0. The SMILES string of the molecule is C=CCOC(=O)CCC(NC(=O)NC(C(=O)CCCNC(=O)COCCOC(=O)C(C)(C)CC(C)(Br)C(=O)OCCN(C(C)C)C(C)C)C(=O)OCCC)C(=O)OCC=C. The number of Topliss-reactive ketones (excluding diaryl/α,β-unsaturated/α-hetero) is 1. The lowest BCUT2D eigenvalue weighted by Gasteiger charge is -2.32. The van der Waals surface area contributed by atoms with E-state index in [1.54, 1.807) is 27.7 Å². The van der Waals surface area contributed by atoms with E-state index in [1.165, 1.54) is 12.2 Å². The van der Waals surface area contributed by atoms with Gasteiger partial charge in [0.25, 0.3) is 0 Å². The molecule has 19 heteroatoms. The highest BCUT2D eigenvalue weighted by Crippen LogP contribution is 2.36. The lowest BCUT2D eigenvalue weighted by molar-refractivity contribution is -0.158. The van der Waals surface area contributed by atoms with E-state index in [2.05, 4.69) is 77.6 Å². The molecule has 0 bridgehead atoms. The van der Waals surface area contributed by atoms with E-state index in [9.17, 15) is 38.4 Å². The summed E-state index contributed by atoms with van der Waals surface area (Å²) in [4.78, 5) is 103. The van der Waals surface area contributed by atoms with Crippen LogP contribution in [0.1, 0.15) is 93.9 Å². The third kappa shape index (κ3) is 23.4. The van der Waals surface area contributed by atoms with Gasteiger partial charge in [-0.05, 0) is 74.1 Å². The summed E-state index contributed by atoms with van der Waals surface area (Å²) in [6.45, 7) is 21.8. The number of ether oxygens (including phenoxy) is 6. The van der Waals surface area contributed by atoms with Crippen molar-refractivity contribution in [2.45, 2.75) is 122 Å². The normalized spacial score (nSPS) is 13.3. The van der Waals surface area contributed by atoms with Crippen LogP contribution in [-0.2, 0) is 62.0 Å². The van der Waals surface area contributed by atoms with Gasteiger partial charge in [-0.1, -0.05) is 48.2 Å². The zero-order valence-corrected chi connectivity index (χ0v) is 38.1. The van der Waals surface area contributed by atoms with Gasteiger partial charge in [0.1, 0.15) is 43.4 Å². The van der Waals surface area contributed by atoms with Crippen molar-refractivity contribution in [3.63, 3.8) is 0 Å². The molecule has 0 fully saturated rings. The highest BCUT2D eigenvalue weighted by atomic mass is 79.9. The minimum absolute atomic E-state index is 0.0145. The first-order valence-corrected chi connectivity index (χ1v) is 20.9. The first-order valence-electron chi connectivity index (χ1n) is 20.1. The summed E-state index contributed by atoms with van der Waals surface area (Å²) in [5.74, 6) is -4.87. The predicted octanol–water partition coefficient (Wildman–Crippen LogP) is 3.47. The van der Waals surface area contributed by atoms with Crippen molar-refractivity contribution in [2.24, 2.45) is 5.41 Å². The summed E-state index contributed by atoms with van der Waals surface area (Å²) in [5.41, 5.74) is -1.07. The van der Waals surface area contributed by atoms with E-state index in [-0.39, 0.29) is 97.0 Å². The average molecular weight is 920 g/mol. The van der Waals surface area contributed by atoms with E-state index in [1.807, 2.05) is 0 Å². The number of amides is 3. The topological polar surface area (TPSA) is 231 Å². The lowest BCUT2D eigenvalue weighted by atomic mass is 9.83. The van der Waals surface area contributed by atoms with E-state index < -0.39 is 69.4 Å². The number of alkyl halides is 1. The maximum atomic E-state index is 13.1. The van der Waals surface area contributed by atoms with Gasteiger partial charge in [0.2, 0.25) is 5.91 Å². The quantitative estimate of drug-likeness (QED) is 0.0219. The number of urea groups is 1. The Bertz CT molecular complexity index is 1430. The molecular formula is C41H67BrN4O14. The Kier molecular flexibility index (Phi) is 27.6. The third-order valence-electron chi connectivity index (χ3n) is 8.49. The molecule has 0 aliphatic rings. The number of carbonyl (C=O) groups is 8. The maximum Gasteiger partial charge on any atom is 0.336 e. The number of hydrogen-bond donors (Lipinski definition) is 3. The molecule has 60 heavy (non-hydrogen) atoms. The molecule has 342 valence electrons. The van der Waals surface area contributed by atoms with Gasteiger partial charge in [0.15, 0.2) is 11.8 Å². The Labute approximate surface area is 362 Å². The number of carbonyl (C=O) groups excluding carboxylic acids is 8. The minimum atomic E-state index is -1.74. The van der Waals surface area contributed by atoms with Crippen LogP contribution < -0.4 is 16.0 Å². The van der Waals surface area contributed by atoms with Crippen LogP contribution in [0.15, 0.2) is 25.3 Å². The van der Waals surface area contributed by atoms with Crippen molar-refractivity contribution in [1.82, 2.24) is 20.9 Å². The zero-order valence-electron chi connectivity index (χ0n) is 36.5. The molecule has 0 aliphatic heterocycles. The smallest absolute Gasteiger partial charge is 0.336 e. The molecule has 0 aromatic carbocycles. The standard InChI is InChI=1S/C41H67BrN4O14/c1-11-20-56-33(49)17-16-30(35(50)57-21-12-2)44-39(54)45-34(36(51)58-22-13-3)31(47)15-14-18-43-32(48)26-55-24-25-60-37(52)40(8,9)27-41(10,42)38(53)59-23-19-46(28(4)5)29(6)7/h11-12,28-30,34H,1-2,13-27H2,3-10H3,(H,43,48)(H2,44,45,54). The Morgan fingerprint density at radius 3 is 1.97 bits per heavy atom. The van der Waals surface area contributed by atoms with Crippen LogP contribution in [0.3, 0.4) is 0 Å². The largest absolute Gasteiger partial charge is 0.464 e. The molecule has 18 nitrogen and oxygen atoms in total. The fourth-order valence-corrected chi connectivity index (χ4v) is 6.40. The fourth-order valence-electron chi connectivity index (χ4n) is 5.59. The van der Waals surface area contributed by atoms with E-state index in [0.29, 0.717) is 13.0 Å². The molecule has 3 amide bonds. The van der Waals surface area contributed by atoms with Gasteiger partial charge < -0.3 is 44.4 Å². The number of hydrogen-bond acceptors (Lipinski definition) is 15. The Morgan fingerprint density at radius 1 is 0.750 bits per heavy atom. The summed E-state index contributed by atoms with van der Waals surface area (Å²) in [6.07, 6.45) is 2.56. The van der Waals surface area contributed by atoms with Crippen LogP contribution in [0, 0.1) is 5.41 Å². The van der Waals surface area contributed by atoms with Crippen molar-refractivity contribution >= 4 is 63.5 Å². The molecule has 0 aromatic rings. The van der Waals surface area contributed by atoms with Crippen LogP contribution in [0.4, 0.5) is 4.79 Å². The Balaban J connectivity index is 4.93. The second kappa shape index (κ2) is 29.8. The van der Waals surface area contributed by atoms with Crippen LogP contribution >= 0.6 is 15.9 Å². The first-order chi connectivity index (χ1) is 28.1. The minimum Gasteiger partial charge on any atom is -0.464 e. The van der Waals surface area contributed by atoms with Gasteiger partial charge in [-0.25, -0.2) is 14.4 Å². The summed E-state index contributed by atoms with van der Waals surface area (Å²) < 4.78 is 30.0. The highest BCUT2D eigenvalue weighted by Gasteiger charge is 2.42. The van der Waals surface area contributed by atoms with Gasteiger partial charge >= 0.3 is 35.9 Å². The second-order valence-electron chi connectivity index (χ2n) is 15.1. The van der Waals surface area contributed by atoms with E-state index >= 15 is 0 Å². The number of esters is 5. The Hall–Kier alpha value is -4.36. The van der Waals surface area contributed by atoms with Crippen molar-refractivity contribution in [2.75, 3.05) is 59.3 Å².